The molecular weight excluding hydrogens is 799 g/mol. The summed E-state index contributed by atoms with van der Waals surface area (Å²) in [6, 6.07) is 1.60. The third-order valence-electron chi connectivity index (χ3n) is 7.52. The fraction of sp³-hybridized carbons (Fsp3) is 0.500. The number of carbonyl (C=O) groups is 3. The number of thiazole rings is 1. The van der Waals surface area contributed by atoms with Crippen LogP contribution in [-0.4, -0.2) is 84.0 Å². The number of rotatable bonds is 19. The van der Waals surface area contributed by atoms with Crippen molar-refractivity contribution in [1.29, 1.82) is 0 Å². The van der Waals surface area contributed by atoms with Crippen LogP contribution in [0.4, 0.5) is 18.4 Å². The zero-order valence-corrected chi connectivity index (χ0v) is 33.5. The zero-order chi connectivity index (χ0) is 41.5. The van der Waals surface area contributed by atoms with Gasteiger partial charge in [-0.1, -0.05) is 4.68 Å². The Labute approximate surface area is 330 Å². The van der Waals surface area contributed by atoms with Gasteiger partial charge in [0.2, 0.25) is 25.7 Å². The standard InChI is InChI=1S/C34H44F2N7O12PS/c1-6-48-24-9-7-23(8-10-24)38-14-26(29(37)30-25(35)11-12-28(36)42-30)40-31(44)27-16-57-32(41-27)22-13-39-43(15-22)17-51-56(47,52-18-49-33(45)54-20(2)3)53-19-50-34(46)55-21(4)5/h11-16,20-21,23-24H,6-10,17-19H2,1-5H3,(H3,37,38,40,42,44)/p+1. The second kappa shape index (κ2) is 21.6. The summed E-state index contributed by atoms with van der Waals surface area (Å²) in [7, 11) is -4.56. The fourth-order valence-corrected chi connectivity index (χ4v) is 6.57. The number of aliphatic imine (C=N–C) groups is 1. The number of hydrogen-bond acceptors (Lipinski definition) is 17. The highest BCUT2D eigenvalue weighted by molar-refractivity contribution is 7.48. The number of nitrogens with one attached hydrogen (secondary N) is 2. The minimum atomic E-state index is -4.56. The number of amides is 1. The maximum Gasteiger partial charge on any atom is 0.510 e. The van der Waals surface area contributed by atoms with Gasteiger partial charge in [0.05, 0.1) is 47.5 Å². The summed E-state index contributed by atoms with van der Waals surface area (Å²) in [6.07, 6.45) is 4.26. The molecule has 0 radical (unpaired) electrons. The number of allylic oxidation sites excluding steroid dienone is 1. The molecule has 1 fully saturated rings. The number of nitrogens with zero attached hydrogens (tertiary/aromatic N) is 4. The first-order valence-corrected chi connectivity index (χ1v) is 20.0. The van der Waals surface area contributed by atoms with Crippen molar-refractivity contribution < 1.29 is 69.7 Å². The summed E-state index contributed by atoms with van der Waals surface area (Å²) in [4.78, 5) is 49.4. The lowest BCUT2D eigenvalue weighted by Gasteiger charge is -2.26. The molecule has 312 valence electrons. The van der Waals surface area contributed by atoms with E-state index in [0.717, 1.165) is 49.2 Å². The van der Waals surface area contributed by atoms with Crippen LogP contribution in [0.25, 0.3) is 16.3 Å². The second-order valence-corrected chi connectivity index (χ2v) is 15.1. The van der Waals surface area contributed by atoms with Gasteiger partial charge in [-0.2, -0.15) is 9.49 Å². The largest absolute Gasteiger partial charge is 0.510 e. The Hall–Kier alpha value is -4.86. The van der Waals surface area contributed by atoms with Gasteiger partial charge in [-0.25, -0.2) is 42.1 Å². The van der Waals surface area contributed by atoms with Crippen molar-refractivity contribution in [1.82, 2.24) is 20.4 Å². The molecular formula is C34H45F2N7O12PS+. The van der Waals surface area contributed by atoms with Crippen LogP contribution in [0.5, 0.6) is 0 Å². The van der Waals surface area contributed by atoms with E-state index in [0.29, 0.717) is 17.2 Å². The minimum Gasteiger partial charge on any atom is -0.432 e. The third kappa shape index (κ3) is 14.5. The molecule has 0 aromatic carbocycles. The predicted octanol–water partition coefficient (Wildman–Crippen LogP) is 5.73. The van der Waals surface area contributed by atoms with E-state index < -0.39 is 76.0 Å². The van der Waals surface area contributed by atoms with Crippen molar-refractivity contribution in [3.63, 3.8) is 0 Å². The van der Waals surface area contributed by atoms with E-state index in [1.165, 1.54) is 28.7 Å². The number of hydrogen-bond donors (Lipinski definition) is 3. The lowest BCUT2D eigenvalue weighted by molar-refractivity contribution is -0.775. The number of phosphoric ester groups is 1. The summed E-state index contributed by atoms with van der Waals surface area (Å²) in [6.45, 7) is 6.60. The Balaban J connectivity index is 1.44. The van der Waals surface area contributed by atoms with E-state index >= 15 is 0 Å². The molecule has 1 aliphatic rings. The van der Waals surface area contributed by atoms with E-state index in [4.69, 9.17) is 43.0 Å². The van der Waals surface area contributed by atoms with Crippen LogP contribution >= 0.6 is 19.2 Å². The number of aromatic amines is 1. The van der Waals surface area contributed by atoms with Crippen LogP contribution in [0.15, 0.2) is 40.6 Å². The lowest BCUT2D eigenvalue weighted by atomic mass is 9.93. The summed E-state index contributed by atoms with van der Waals surface area (Å²) in [5, 5.41) is 7.26. The monoisotopic (exact) mass is 844 g/mol. The predicted molar refractivity (Wildman–Crippen MR) is 197 cm³/mol. The Morgan fingerprint density at radius 2 is 1.68 bits per heavy atom. The molecule has 0 spiro atoms. The Kier molecular flexibility index (Phi) is 17.0. The molecule has 3 aromatic heterocycles. The van der Waals surface area contributed by atoms with E-state index in [1.54, 1.807) is 27.7 Å². The topological polar surface area (TPSA) is 238 Å². The first kappa shape index (κ1) is 44.8. The Bertz CT molecular complexity index is 1900. The lowest BCUT2D eigenvalue weighted by Crippen LogP contribution is -2.35. The molecule has 57 heavy (non-hydrogen) atoms. The van der Waals surface area contributed by atoms with Crippen LogP contribution in [0, 0.1) is 11.8 Å². The molecule has 4 rings (SSSR count). The van der Waals surface area contributed by atoms with E-state index in [2.05, 4.69) is 25.4 Å². The van der Waals surface area contributed by atoms with Crippen molar-refractivity contribution in [2.45, 2.75) is 91.4 Å². The number of carbonyl (C=O) groups excluding carboxylic acids is 3. The number of phosphoric acid groups is 1. The first-order valence-electron chi connectivity index (χ1n) is 17.7. The molecule has 1 aliphatic carbocycles. The van der Waals surface area contributed by atoms with Crippen molar-refractivity contribution in [2.24, 2.45) is 10.7 Å². The fourth-order valence-electron chi connectivity index (χ4n) is 4.94. The smallest absolute Gasteiger partial charge is 0.432 e. The Morgan fingerprint density at radius 1 is 1.04 bits per heavy atom. The van der Waals surface area contributed by atoms with Gasteiger partial charge in [0, 0.05) is 18.2 Å². The SMILES string of the molecule is CCOC1CCC(N=C/C(NC(=O)c2csc(-c3c[nH][n+](COP(=O)(OCOC(=O)OC(C)C)OCOC(=O)OC(C)C)c3)n2)=C(\N)c2nc(F)ccc2F)CC1. The van der Waals surface area contributed by atoms with Crippen molar-refractivity contribution in [3.05, 3.63) is 58.8 Å². The van der Waals surface area contributed by atoms with Gasteiger partial charge >= 0.3 is 20.1 Å². The van der Waals surface area contributed by atoms with Gasteiger partial charge in [0.25, 0.3) is 12.6 Å². The van der Waals surface area contributed by atoms with Crippen LogP contribution < -0.4 is 15.7 Å². The molecule has 3 heterocycles. The summed E-state index contributed by atoms with van der Waals surface area (Å²) in [5.41, 5.74) is 5.71. The number of H-pyrrole nitrogens is 1. The van der Waals surface area contributed by atoms with Gasteiger partial charge in [-0.3, -0.25) is 9.79 Å². The minimum absolute atomic E-state index is 0.0408. The second-order valence-electron chi connectivity index (χ2n) is 12.6. The van der Waals surface area contributed by atoms with Gasteiger partial charge in [0.15, 0.2) is 5.82 Å². The molecule has 0 bridgehead atoms. The number of nitrogens with two attached hydrogens (primary N) is 1. The molecule has 0 unspecified atom stereocenters. The third-order valence-corrected chi connectivity index (χ3v) is 9.69. The molecule has 3 aromatic rings. The number of ether oxygens (including phenoxy) is 5. The highest BCUT2D eigenvalue weighted by Crippen LogP contribution is 2.49. The van der Waals surface area contributed by atoms with Crippen LogP contribution in [0.2, 0.25) is 0 Å². The summed E-state index contributed by atoms with van der Waals surface area (Å²) >= 11 is 1.09. The molecule has 0 aliphatic heterocycles. The van der Waals surface area contributed by atoms with Crippen molar-refractivity contribution in [3.8, 4) is 10.6 Å². The molecule has 1 amide bonds. The van der Waals surface area contributed by atoms with Gasteiger partial charge < -0.3 is 34.7 Å². The zero-order valence-electron chi connectivity index (χ0n) is 31.8. The quantitative estimate of drug-likeness (QED) is 0.0326. The number of halogens is 2. The molecule has 0 saturated heterocycles. The molecule has 19 nitrogen and oxygen atoms in total. The Morgan fingerprint density at radius 3 is 2.30 bits per heavy atom. The van der Waals surface area contributed by atoms with E-state index in [-0.39, 0.29) is 29.2 Å². The maximum atomic E-state index is 14.7. The average molecular weight is 845 g/mol. The van der Waals surface area contributed by atoms with Gasteiger partial charge in [-0.05, 0) is 72.4 Å². The van der Waals surface area contributed by atoms with E-state index in [1.807, 2.05) is 6.92 Å². The van der Waals surface area contributed by atoms with Crippen molar-refractivity contribution in [2.75, 3.05) is 20.2 Å². The van der Waals surface area contributed by atoms with Crippen LogP contribution in [-0.2, 0) is 48.6 Å². The summed E-state index contributed by atoms with van der Waals surface area (Å²) < 4.78 is 83.5. The van der Waals surface area contributed by atoms with Crippen LogP contribution in [0.3, 0.4) is 0 Å². The van der Waals surface area contributed by atoms with Gasteiger partial charge in [0.1, 0.15) is 16.4 Å². The molecule has 0 atom stereocenters. The normalized spacial score (nSPS) is 16.4. The first-order chi connectivity index (χ1) is 27.1. The molecule has 4 N–H and O–H groups in total. The highest BCUT2D eigenvalue weighted by atomic mass is 32.1. The van der Waals surface area contributed by atoms with Crippen molar-refractivity contribution >= 4 is 49.3 Å². The van der Waals surface area contributed by atoms with Crippen LogP contribution in [0.1, 0.15) is 76.5 Å². The summed E-state index contributed by atoms with van der Waals surface area (Å²) in [5.74, 6) is -2.59. The number of aromatic nitrogens is 4. The van der Waals surface area contributed by atoms with E-state index in [9.17, 15) is 27.7 Å². The molecule has 23 heteroatoms. The molecule has 1 saturated carbocycles. The van der Waals surface area contributed by atoms with Gasteiger partial charge in [-0.15, -0.1) is 11.3 Å². The average Bonchev–Trinajstić information content (AvgIpc) is 3.84. The highest BCUT2D eigenvalue weighted by Gasteiger charge is 2.32. The maximum absolute atomic E-state index is 14.7. The number of pyridine rings is 1.